The van der Waals surface area contributed by atoms with Crippen molar-refractivity contribution in [3.63, 3.8) is 0 Å². The second-order valence-electron chi connectivity index (χ2n) is 6.26. The Morgan fingerprint density at radius 3 is 2.11 bits per heavy atom. The molecule has 0 aliphatic heterocycles. The van der Waals surface area contributed by atoms with E-state index in [0.29, 0.717) is 0 Å². The standard InChI is InChI=1S/C15H26O2Si/c1-13-7-9-14(10-8-13)18(5,6)17-12-15(2,3)11-16-4/h7-10H,11-12H2,1-6H3. The summed E-state index contributed by atoms with van der Waals surface area (Å²) in [7, 11) is -0.0564. The Morgan fingerprint density at radius 1 is 1.06 bits per heavy atom. The highest BCUT2D eigenvalue weighted by Crippen LogP contribution is 2.18. The van der Waals surface area contributed by atoms with Crippen LogP contribution < -0.4 is 5.19 Å². The van der Waals surface area contributed by atoms with Gasteiger partial charge in [0, 0.05) is 19.1 Å². The summed E-state index contributed by atoms with van der Waals surface area (Å²) in [6.07, 6.45) is 0. The number of hydrogen-bond acceptors (Lipinski definition) is 2. The lowest BCUT2D eigenvalue weighted by Crippen LogP contribution is -2.47. The number of ether oxygens (including phenoxy) is 1. The second kappa shape index (κ2) is 6.00. The van der Waals surface area contributed by atoms with Crippen molar-refractivity contribution in [3.05, 3.63) is 29.8 Å². The molecule has 1 aromatic carbocycles. The molecule has 0 atom stereocenters. The zero-order valence-electron chi connectivity index (χ0n) is 12.5. The third-order valence-corrected chi connectivity index (χ3v) is 5.70. The molecule has 102 valence electrons. The summed E-state index contributed by atoms with van der Waals surface area (Å²) >= 11 is 0. The zero-order chi connectivity index (χ0) is 13.8. The molecule has 0 spiro atoms. The van der Waals surface area contributed by atoms with Gasteiger partial charge in [0.25, 0.3) is 0 Å². The van der Waals surface area contributed by atoms with Crippen molar-refractivity contribution in [2.75, 3.05) is 20.3 Å². The fourth-order valence-corrected chi connectivity index (χ4v) is 3.73. The summed E-state index contributed by atoms with van der Waals surface area (Å²) in [5.41, 5.74) is 1.37. The smallest absolute Gasteiger partial charge is 0.218 e. The lowest BCUT2D eigenvalue weighted by molar-refractivity contribution is 0.0626. The highest BCUT2D eigenvalue weighted by atomic mass is 28.4. The Kier molecular flexibility index (Phi) is 5.14. The third kappa shape index (κ3) is 4.56. The second-order valence-corrected chi connectivity index (χ2v) is 10.1. The number of rotatable bonds is 6. The first-order chi connectivity index (χ1) is 8.27. The molecule has 0 amide bonds. The first-order valence-electron chi connectivity index (χ1n) is 6.47. The van der Waals surface area contributed by atoms with E-state index in [2.05, 4.69) is 58.1 Å². The zero-order valence-corrected chi connectivity index (χ0v) is 13.5. The van der Waals surface area contributed by atoms with Gasteiger partial charge in [0.1, 0.15) is 0 Å². The van der Waals surface area contributed by atoms with Crippen LogP contribution in [0.3, 0.4) is 0 Å². The van der Waals surface area contributed by atoms with Crippen LogP contribution in [0, 0.1) is 12.3 Å². The Bertz CT molecular complexity index is 369. The molecule has 0 aliphatic rings. The van der Waals surface area contributed by atoms with E-state index in [0.717, 1.165) is 13.2 Å². The molecule has 1 aromatic rings. The third-order valence-electron chi connectivity index (χ3n) is 3.11. The van der Waals surface area contributed by atoms with Crippen LogP contribution in [0.2, 0.25) is 13.1 Å². The Morgan fingerprint density at radius 2 is 1.61 bits per heavy atom. The van der Waals surface area contributed by atoms with Gasteiger partial charge in [-0.1, -0.05) is 43.7 Å². The minimum absolute atomic E-state index is 0.0731. The number of benzene rings is 1. The van der Waals surface area contributed by atoms with Gasteiger partial charge in [-0.2, -0.15) is 0 Å². The van der Waals surface area contributed by atoms with Crippen LogP contribution in [0.15, 0.2) is 24.3 Å². The summed E-state index contributed by atoms with van der Waals surface area (Å²) in [6.45, 7) is 12.4. The van der Waals surface area contributed by atoms with E-state index in [1.807, 2.05) is 0 Å². The van der Waals surface area contributed by atoms with Crippen molar-refractivity contribution >= 4 is 13.5 Å². The average molecular weight is 266 g/mol. The molecule has 0 radical (unpaired) electrons. The van der Waals surface area contributed by atoms with Gasteiger partial charge in [0.05, 0.1) is 6.61 Å². The summed E-state index contributed by atoms with van der Waals surface area (Å²) in [5.74, 6) is 0. The molecule has 0 unspecified atom stereocenters. The lowest BCUT2D eigenvalue weighted by Gasteiger charge is -2.30. The predicted octanol–water partition coefficient (Wildman–Crippen LogP) is 3.10. The van der Waals surface area contributed by atoms with Crippen molar-refractivity contribution in [1.82, 2.24) is 0 Å². The normalized spacial score (nSPS) is 12.8. The van der Waals surface area contributed by atoms with Gasteiger partial charge >= 0.3 is 0 Å². The minimum Gasteiger partial charge on any atom is -0.412 e. The van der Waals surface area contributed by atoms with Gasteiger partial charge in [0.15, 0.2) is 0 Å². The molecule has 0 saturated heterocycles. The van der Waals surface area contributed by atoms with E-state index in [9.17, 15) is 0 Å². The number of hydrogen-bond donors (Lipinski definition) is 0. The van der Waals surface area contributed by atoms with Crippen LogP contribution in [0.1, 0.15) is 19.4 Å². The van der Waals surface area contributed by atoms with Crippen molar-refractivity contribution in [1.29, 1.82) is 0 Å². The quantitative estimate of drug-likeness (QED) is 0.737. The molecule has 0 heterocycles. The van der Waals surface area contributed by atoms with Crippen LogP contribution in [0.25, 0.3) is 0 Å². The van der Waals surface area contributed by atoms with E-state index in [1.54, 1.807) is 7.11 Å². The molecule has 0 saturated carbocycles. The van der Waals surface area contributed by atoms with Crippen LogP contribution in [-0.4, -0.2) is 28.6 Å². The van der Waals surface area contributed by atoms with Gasteiger partial charge in [-0.15, -0.1) is 0 Å². The predicted molar refractivity (Wildman–Crippen MR) is 79.9 cm³/mol. The maximum Gasteiger partial charge on any atom is 0.218 e. The molecule has 0 fully saturated rings. The van der Waals surface area contributed by atoms with Crippen molar-refractivity contribution in [2.24, 2.45) is 5.41 Å². The highest BCUT2D eigenvalue weighted by molar-refractivity contribution is 6.84. The van der Waals surface area contributed by atoms with Crippen LogP contribution in [0.5, 0.6) is 0 Å². The van der Waals surface area contributed by atoms with Gasteiger partial charge in [-0.25, -0.2) is 0 Å². The Labute approximate surface area is 112 Å². The summed E-state index contributed by atoms with van der Waals surface area (Å²) in [4.78, 5) is 0. The SMILES string of the molecule is COCC(C)(C)CO[Si](C)(C)c1ccc(C)cc1. The number of aryl methyl sites for hydroxylation is 1. The summed E-state index contributed by atoms with van der Waals surface area (Å²) in [6, 6.07) is 8.72. The van der Waals surface area contributed by atoms with Crippen LogP contribution in [-0.2, 0) is 9.16 Å². The molecular weight excluding hydrogens is 240 g/mol. The molecule has 3 heteroatoms. The molecule has 1 rings (SSSR count). The molecule has 0 N–H and O–H groups in total. The first-order valence-corrected chi connectivity index (χ1v) is 9.38. The highest BCUT2D eigenvalue weighted by Gasteiger charge is 2.28. The molecule has 0 aromatic heterocycles. The van der Waals surface area contributed by atoms with Crippen LogP contribution >= 0.6 is 0 Å². The van der Waals surface area contributed by atoms with E-state index in [-0.39, 0.29) is 5.41 Å². The molecule has 18 heavy (non-hydrogen) atoms. The van der Waals surface area contributed by atoms with Crippen molar-refractivity contribution < 1.29 is 9.16 Å². The summed E-state index contributed by atoms with van der Waals surface area (Å²) in [5, 5.41) is 1.35. The fourth-order valence-electron chi connectivity index (χ4n) is 1.85. The molecule has 2 nitrogen and oxygen atoms in total. The van der Waals surface area contributed by atoms with Gasteiger partial charge in [0.2, 0.25) is 8.32 Å². The first kappa shape index (κ1) is 15.4. The van der Waals surface area contributed by atoms with Gasteiger partial charge < -0.3 is 9.16 Å². The molecule has 0 bridgehead atoms. The van der Waals surface area contributed by atoms with Crippen molar-refractivity contribution in [3.8, 4) is 0 Å². The fraction of sp³-hybridized carbons (Fsp3) is 0.600. The topological polar surface area (TPSA) is 18.5 Å². The van der Waals surface area contributed by atoms with Crippen molar-refractivity contribution in [2.45, 2.75) is 33.9 Å². The van der Waals surface area contributed by atoms with Crippen LogP contribution in [0.4, 0.5) is 0 Å². The Hall–Kier alpha value is -0.643. The van der Waals surface area contributed by atoms with Gasteiger partial charge in [-0.05, 0) is 25.2 Å². The average Bonchev–Trinajstić information content (AvgIpc) is 2.27. The molecule has 0 aliphatic carbocycles. The maximum absolute atomic E-state index is 6.23. The number of methoxy groups -OCH3 is 1. The monoisotopic (exact) mass is 266 g/mol. The Balaban J connectivity index is 2.67. The minimum atomic E-state index is -1.80. The molecular formula is C15H26O2Si. The van der Waals surface area contributed by atoms with E-state index < -0.39 is 8.32 Å². The maximum atomic E-state index is 6.23. The van der Waals surface area contributed by atoms with E-state index in [4.69, 9.17) is 9.16 Å². The largest absolute Gasteiger partial charge is 0.412 e. The summed E-state index contributed by atoms with van der Waals surface area (Å²) < 4.78 is 11.5. The van der Waals surface area contributed by atoms with Gasteiger partial charge in [-0.3, -0.25) is 0 Å². The lowest BCUT2D eigenvalue weighted by atomic mass is 9.97. The van der Waals surface area contributed by atoms with E-state index in [1.165, 1.54) is 10.8 Å². The van der Waals surface area contributed by atoms with E-state index >= 15 is 0 Å².